The van der Waals surface area contributed by atoms with Crippen molar-refractivity contribution in [2.45, 2.75) is 20.3 Å². The second-order valence-electron chi connectivity index (χ2n) is 3.39. The molecular formula is C11H15F2NO. The zero-order valence-corrected chi connectivity index (χ0v) is 9.10. The van der Waals surface area contributed by atoms with E-state index >= 15 is 0 Å². The Labute approximate surface area is 88.3 Å². The first kappa shape index (κ1) is 11.8. The Morgan fingerprint density at radius 3 is 2.20 bits per heavy atom. The molecule has 0 spiro atoms. The number of hydrogen-bond acceptors (Lipinski definition) is 2. The van der Waals surface area contributed by atoms with Crippen LogP contribution in [0, 0.1) is 13.8 Å². The maximum atomic E-state index is 12.0. The number of nitrogens with one attached hydrogen (secondary N) is 1. The van der Waals surface area contributed by atoms with Gasteiger partial charge >= 0.3 is 0 Å². The minimum atomic E-state index is -2.44. The standard InChI is InChI=1S/C11H15F2NO/c1-7-4-9(14-3)5-8(2)11(7)15-6-10(12)13/h4-5,10,14H,6H2,1-3H3. The van der Waals surface area contributed by atoms with Crippen LogP contribution < -0.4 is 10.1 Å². The molecular weight excluding hydrogens is 200 g/mol. The second kappa shape index (κ2) is 4.96. The van der Waals surface area contributed by atoms with Crippen molar-refractivity contribution in [3.63, 3.8) is 0 Å². The lowest BCUT2D eigenvalue weighted by Crippen LogP contribution is -2.09. The van der Waals surface area contributed by atoms with Crippen LogP contribution in [0.3, 0.4) is 0 Å². The van der Waals surface area contributed by atoms with Crippen LogP contribution in [0.1, 0.15) is 11.1 Å². The highest BCUT2D eigenvalue weighted by Gasteiger charge is 2.09. The van der Waals surface area contributed by atoms with Crippen molar-refractivity contribution >= 4 is 5.69 Å². The predicted octanol–water partition coefficient (Wildman–Crippen LogP) is 2.99. The van der Waals surface area contributed by atoms with E-state index in [-0.39, 0.29) is 0 Å². The van der Waals surface area contributed by atoms with Crippen molar-refractivity contribution in [2.75, 3.05) is 19.0 Å². The van der Waals surface area contributed by atoms with E-state index in [1.54, 1.807) is 0 Å². The van der Waals surface area contributed by atoms with Crippen LogP contribution in [0.25, 0.3) is 0 Å². The summed E-state index contributed by atoms with van der Waals surface area (Å²) in [6.45, 7) is 3.13. The van der Waals surface area contributed by atoms with E-state index in [9.17, 15) is 8.78 Å². The maximum Gasteiger partial charge on any atom is 0.272 e. The zero-order chi connectivity index (χ0) is 11.4. The fourth-order valence-electron chi connectivity index (χ4n) is 1.47. The van der Waals surface area contributed by atoms with E-state index in [0.29, 0.717) is 5.75 Å². The number of halogens is 2. The van der Waals surface area contributed by atoms with Gasteiger partial charge in [0, 0.05) is 12.7 Å². The second-order valence-corrected chi connectivity index (χ2v) is 3.39. The fourth-order valence-corrected chi connectivity index (χ4v) is 1.47. The zero-order valence-electron chi connectivity index (χ0n) is 9.10. The number of hydrogen-bond donors (Lipinski definition) is 1. The molecule has 1 rings (SSSR count). The molecule has 15 heavy (non-hydrogen) atoms. The van der Waals surface area contributed by atoms with Crippen LogP contribution in [0.4, 0.5) is 14.5 Å². The van der Waals surface area contributed by atoms with Crippen molar-refractivity contribution < 1.29 is 13.5 Å². The maximum absolute atomic E-state index is 12.0. The first-order valence-corrected chi connectivity index (χ1v) is 4.74. The summed E-state index contributed by atoms with van der Waals surface area (Å²) < 4.78 is 29.0. The first-order chi connectivity index (χ1) is 7.04. The molecule has 1 aromatic carbocycles. The van der Waals surface area contributed by atoms with Gasteiger partial charge in [0.25, 0.3) is 6.43 Å². The van der Waals surface area contributed by atoms with Gasteiger partial charge in [-0.05, 0) is 37.1 Å². The number of benzene rings is 1. The molecule has 0 unspecified atom stereocenters. The SMILES string of the molecule is CNc1cc(C)c(OCC(F)F)c(C)c1. The summed E-state index contributed by atoms with van der Waals surface area (Å²) in [5.74, 6) is 0.550. The summed E-state index contributed by atoms with van der Waals surface area (Å²) in [6.07, 6.45) is -2.44. The van der Waals surface area contributed by atoms with Crippen LogP contribution >= 0.6 is 0 Å². The molecule has 0 aliphatic carbocycles. The Hall–Kier alpha value is -1.32. The third-order valence-corrected chi connectivity index (χ3v) is 2.10. The lowest BCUT2D eigenvalue weighted by atomic mass is 10.1. The van der Waals surface area contributed by atoms with Gasteiger partial charge in [0.15, 0.2) is 0 Å². The van der Waals surface area contributed by atoms with E-state index < -0.39 is 13.0 Å². The Balaban J connectivity index is 2.88. The first-order valence-electron chi connectivity index (χ1n) is 4.74. The third-order valence-electron chi connectivity index (χ3n) is 2.10. The number of anilines is 1. The molecule has 1 N–H and O–H groups in total. The van der Waals surface area contributed by atoms with Crippen LogP contribution in [-0.4, -0.2) is 20.1 Å². The highest BCUT2D eigenvalue weighted by atomic mass is 19.3. The van der Waals surface area contributed by atoms with E-state index in [2.05, 4.69) is 5.32 Å². The Morgan fingerprint density at radius 2 is 1.80 bits per heavy atom. The minimum absolute atomic E-state index is 0.550. The summed E-state index contributed by atoms with van der Waals surface area (Å²) >= 11 is 0. The summed E-state index contributed by atoms with van der Waals surface area (Å²) in [7, 11) is 1.81. The van der Waals surface area contributed by atoms with Gasteiger partial charge < -0.3 is 10.1 Å². The Kier molecular flexibility index (Phi) is 3.88. The van der Waals surface area contributed by atoms with Crippen LogP contribution in [0.5, 0.6) is 5.75 Å². The van der Waals surface area contributed by atoms with Gasteiger partial charge in [-0.25, -0.2) is 8.78 Å². The van der Waals surface area contributed by atoms with Crippen molar-refractivity contribution in [1.29, 1.82) is 0 Å². The largest absolute Gasteiger partial charge is 0.487 e. The molecule has 0 heterocycles. The average Bonchev–Trinajstić information content (AvgIpc) is 2.15. The van der Waals surface area contributed by atoms with E-state index in [1.165, 1.54) is 0 Å². The van der Waals surface area contributed by atoms with Crippen LogP contribution in [0.15, 0.2) is 12.1 Å². The molecule has 0 saturated carbocycles. The normalized spacial score (nSPS) is 10.5. The fraction of sp³-hybridized carbons (Fsp3) is 0.455. The van der Waals surface area contributed by atoms with Crippen LogP contribution in [-0.2, 0) is 0 Å². The molecule has 0 saturated heterocycles. The highest BCUT2D eigenvalue weighted by Crippen LogP contribution is 2.27. The van der Waals surface area contributed by atoms with Gasteiger partial charge in [0.1, 0.15) is 12.4 Å². The third kappa shape index (κ3) is 3.08. The lowest BCUT2D eigenvalue weighted by molar-refractivity contribution is 0.0812. The molecule has 0 radical (unpaired) electrons. The van der Waals surface area contributed by atoms with E-state index in [1.807, 2.05) is 33.0 Å². The number of alkyl halides is 2. The van der Waals surface area contributed by atoms with Gasteiger partial charge in [-0.1, -0.05) is 0 Å². The van der Waals surface area contributed by atoms with Crippen molar-refractivity contribution in [3.8, 4) is 5.75 Å². The smallest absolute Gasteiger partial charge is 0.272 e. The predicted molar refractivity (Wildman–Crippen MR) is 57.0 cm³/mol. The molecule has 0 amide bonds. The Bertz CT molecular complexity index is 316. The van der Waals surface area contributed by atoms with Crippen molar-refractivity contribution in [2.24, 2.45) is 0 Å². The topological polar surface area (TPSA) is 21.3 Å². The van der Waals surface area contributed by atoms with Crippen LogP contribution in [0.2, 0.25) is 0 Å². The molecule has 0 fully saturated rings. The van der Waals surface area contributed by atoms with Gasteiger partial charge in [0.05, 0.1) is 0 Å². The van der Waals surface area contributed by atoms with Gasteiger partial charge in [0.2, 0.25) is 0 Å². The highest BCUT2D eigenvalue weighted by molar-refractivity contribution is 5.54. The minimum Gasteiger partial charge on any atom is -0.487 e. The number of ether oxygens (including phenoxy) is 1. The van der Waals surface area contributed by atoms with E-state index in [0.717, 1.165) is 16.8 Å². The quantitative estimate of drug-likeness (QED) is 0.833. The molecule has 84 valence electrons. The summed E-state index contributed by atoms with van der Waals surface area (Å²) in [4.78, 5) is 0. The van der Waals surface area contributed by atoms with E-state index in [4.69, 9.17) is 4.74 Å². The summed E-state index contributed by atoms with van der Waals surface area (Å²) in [5.41, 5.74) is 2.68. The summed E-state index contributed by atoms with van der Waals surface area (Å²) in [6, 6.07) is 3.74. The lowest BCUT2D eigenvalue weighted by Gasteiger charge is -2.13. The Morgan fingerprint density at radius 1 is 1.27 bits per heavy atom. The molecule has 2 nitrogen and oxygen atoms in total. The molecule has 0 bridgehead atoms. The monoisotopic (exact) mass is 215 g/mol. The van der Waals surface area contributed by atoms with Crippen molar-refractivity contribution in [1.82, 2.24) is 0 Å². The van der Waals surface area contributed by atoms with Gasteiger partial charge in [-0.3, -0.25) is 0 Å². The average molecular weight is 215 g/mol. The molecule has 4 heteroatoms. The molecule has 0 aliphatic heterocycles. The molecule has 0 aromatic heterocycles. The summed E-state index contributed by atoms with van der Waals surface area (Å²) in [5, 5.41) is 3.00. The molecule has 0 atom stereocenters. The molecule has 1 aromatic rings. The van der Waals surface area contributed by atoms with Gasteiger partial charge in [-0.15, -0.1) is 0 Å². The number of aryl methyl sites for hydroxylation is 2. The molecule has 0 aliphatic rings. The van der Waals surface area contributed by atoms with Crippen molar-refractivity contribution in [3.05, 3.63) is 23.3 Å². The van der Waals surface area contributed by atoms with Gasteiger partial charge in [-0.2, -0.15) is 0 Å². The number of rotatable bonds is 4.